The Balaban J connectivity index is 2.22. The van der Waals surface area contributed by atoms with E-state index in [1.165, 1.54) is 10.4 Å². The lowest BCUT2D eigenvalue weighted by Crippen LogP contribution is -2.29. The van der Waals surface area contributed by atoms with Crippen LogP contribution in [-0.2, 0) is 19.9 Å². The third kappa shape index (κ3) is 3.00. The maximum atomic E-state index is 5.70. The molecule has 2 aromatic heterocycles. The van der Waals surface area contributed by atoms with Crippen molar-refractivity contribution in [3.63, 3.8) is 0 Å². The second kappa shape index (κ2) is 5.97. The topological polar surface area (TPSA) is 55.9 Å². The molecule has 0 radical (unpaired) electrons. The number of hydrogen-bond acceptors (Lipinski definition) is 4. The van der Waals surface area contributed by atoms with Gasteiger partial charge in [-0.15, -0.1) is 11.3 Å². The lowest BCUT2D eigenvalue weighted by Gasteiger charge is -2.14. The van der Waals surface area contributed by atoms with Gasteiger partial charge in [-0.1, -0.05) is 6.92 Å². The maximum absolute atomic E-state index is 5.70. The first kappa shape index (κ1) is 13.7. The van der Waals surface area contributed by atoms with Crippen LogP contribution >= 0.6 is 27.3 Å². The first-order valence-electron chi connectivity index (χ1n) is 5.86. The Bertz CT molecular complexity index is 520. The average Bonchev–Trinajstić information content (AvgIpc) is 2.92. The van der Waals surface area contributed by atoms with Crippen LogP contribution < -0.4 is 11.3 Å². The van der Waals surface area contributed by atoms with E-state index in [1.807, 2.05) is 17.9 Å². The number of halogens is 1. The van der Waals surface area contributed by atoms with Crippen molar-refractivity contribution in [1.82, 2.24) is 15.2 Å². The molecule has 6 heteroatoms. The van der Waals surface area contributed by atoms with Gasteiger partial charge in [-0.2, -0.15) is 5.10 Å². The zero-order valence-electron chi connectivity index (χ0n) is 10.5. The summed E-state index contributed by atoms with van der Waals surface area (Å²) in [6.07, 6.45) is 3.85. The molecule has 0 bridgehead atoms. The summed E-state index contributed by atoms with van der Waals surface area (Å²) in [4.78, 5) is 1.30. The third-order valence-electron chi connectivity index (χ3n) is 2.88. The Morgan fingerprint density at radius 3 is 2.89 bits per heavy atom. The summed E-state index contributed by atoms with van der Waals surface area (Å²) in [5.41, 5.74) is 5.20. The van der Waals surface area contributed by atoms with Gasteiger partial charge in [0.15, 0.2) is 0 Å². The summed E-state index contributed by atoms with van der Waals surface area (Å²) in [6, 6.07) is 4.30. The van der Waals surface area contributed by atoms with E-state index in [0.29, 0.717) is 0 Å². The Kier molecular flexibility index (Phi) is 4.55. The molecular weight excluding hydrogens is 312 g/mol. The highest BCUT2D eigenvalue weighted by molar-refractivity contribution is 9.11. The predicted octanol–water partition coefficient (Wildman–Crippen LogP) is 2.55. The van der Waals surface area contributed by atoms with E-state index >= 15 is 0 Å². The fourth-order valence-corrected chi connectivity index (χ4v) is 3.57. The predicted molar refractivity (Wildman–Crippen MR) is 78.4 cm³/mol. The Morgan fingerprint density at radius 2 is 2.33 bits per heavy atom. The van der Waals surface area contributed by atoms with Crippen molar-refractivity contribution >= 4 is 27.3 Å². The van der Waals surface area contributed by atoms with Crippen LogP contribution in [0.2, 0.25) is 0 Å². The van der Waals surface area contributed by atoms with Crippen molar-refractivity contribution < 1.29 is 0 Å². The molecule has 2 heterocycles. The van der Waals surface area contributed by atoms with Gasteiger partial charge in [0, 0.05) is 30.1 Å². The van der Waals surface area contributed by atoms with Gasteiger partial charge in [0.2, 0.25) is 0 Å². The van der Waals surface area contributed by atoms with Crippen LogP contribution in [0.5, 0.6) is 0 Å². The molecule has 0 aliphatic heterocycles. The maximum Gasteiger partial charge on any atom is 0.0701 e. The van der Waals surface area contributed by atoms with E-state index in [0.717, 1.165) is 22.3 Å². The molecule has 0 spiro atoms. The van der Waals surface area contributed by atoms with Crippen LogP contribution in [0.1, 0.15) is 29.1 Å². The number of nitrogens with zero attached hydrogens (tertiary/aromatic N) is 2. The Labute approximate surface area is 119 Å². The van der Waals surface area contributed by atoms with Crippen LogP contribution in [-0.4, -0.2) is 9.78 Å². The number of aromatic nitrogens is 2. The Morgan fingerprint density at radius 1 is 1.56 bits per heavy atom. The minimum atomic E-state index is 0.110. The molecule has 18 heavy (non-hydrogen) atoms. The molecule has 0 fully saturated rings. The zero-order chi connectivity index (χ0) is 13.1. The summed E-state index contributed by atoms with van der Waals surface area (Å²) in [5.74, 6) is 5.70. The molecule has 2 aromatic rings. The summed E-state index contributed by atoms with van der Waals surface area (Å²) in [7, 11) is 1.94. The highest BCUT2D eigenvalue weighted by atomic mass is 79.9. The Hall–Kier alpha value is -0.690. The minimum absolute atomic E-state index is 0.110. The molecule has 3 N–H and O–H groups in total. The standard InChI is InChI=1S/C12H17BrN4S/c1-3-10-9(7-17(2)16-10)11(15-14)6-8-4-5-12(13)18-8/h4-5,7,11,15H,3,6,14H2,1-2H3. The molecule has 0 saturated carbocycles. The molecule has 0 aliphatic carbocycles. The van der Waals surface area contributed by atoms with E-state index in [1.54, 1.807) is 11.3 Å². The number of hydrogen-bond donors (Lipinski definition) is 2. The smallest absolute Gasteiger partial charge is 0.0701 e. The third-order valence-corrected chi connectivity index (χ3v) is 4.53. The first-order chi connectivity index (χ1) is 8.63. The quantitative estimate of drug-likeness (QED) is 0.655. The van der Waals surface area contributed by atoms with Crippen molar-refractivity contribution in [2.75, 3.05) is 0 Å². The van der Waals surface area contributed by atoms with Crippen molar-refractivity contribution in [3.05, 3.63) is 38.3 Å². The molecule has 0 aliphatic rings. The van der Waals surface area contributed by atoms with Gasteiger partial charge in [0.05, 0.1) is 15.5 Å². The first-order valence-corrected chi connectivity index (χ1v) is 7.47. The summed E-state index contributed by atoms with van der Waals surface area (Å²) in [5, 5.41) is 4.46. The van der Waals surface area contributed by atoms with Gasteiger partial charge in [0.1, 0.15) is 0 Å². The largest absolute Gasteiger partial charge is 0.275 e. The molecule has 0 aromatic carbocycles. The molecule has 1 unspecified atom stereocenters. The molecule has 0 saturated heterocycles. The minimum Gasteiger partial charge on any atom is -0.275 e. The van der Waals surface area contributed by atoms with Gasteiger partial charge in [-0.25, -0.2) is 0 Å². The number of thiophene rings is 1. The van der Waals surface area contributed by atoms with Crippen molar-refractivity contribution in [2.45, 2.75) is 25.8 Å². The van der Waals surface area contributed by atoms with Gasteiger partial charge < -0.3 is 0 Å². The summed E-state index contributed by atoms with van der Waals surface area (Å²) in [6.45, 7) is 2.11. The van der Waals surface area contributed by atoms with Crippen LogP contribution in [0.4, 0.5) is 0 Å². The number of aryl methyl sites for hydroxylation is 2. The van der Waals surface area contributed by atoms with Crippen LogP contribution in [0.3, 0.4) is 0 Å². The van der Waals surface area contributed by atoms with E-state index in [2.05, 4.69) is 45.5 Å². The normalized spacial score (nSPS) is 12.9. The highest BCUT2D eigenvalue weighted by Crippen LogP contribution is 2.27. The fraction of sp³-hybridized carbons (Fsp3) is 0.417. The number of hydrazine groups is 1. The zero-order valence-corrected chi connectivity index (χ0v) is 12.9. The summed E-state index contributed by atoms with van der Waals surface area (Å²) >= 11 is 5.22. The monoisotopic (exact) mass is 328 g/mol. The van der Waals surface area contributed by atoms with Gasteiger partial charge >= 0.3 is 0 Å². The van der Waals surface area contributed by atoms with Crippen LogP contribution in [0, 0.1) is 0 Å². The van der Waals surface area contributed by atoms with Gasteiger partial charge in [0.25, 0.3) is 0 Å². The average molecular weight is 329 g/mol. The molecule has 4 nitrogen and oxygen atoms in total. The SMILES string of the molecule is CCc1nn(C)cc1C(Cc1ccc(Br)s1)NN. The van der Waals surface area contributed by atoms with Crippen LogP contribution in [0.15, 0.2) is 22.1 Å². The lowest BCUT2D eigenvalue weighted by molar-refractivity contribution is 0.551. The number of rotatable bonds is 5. The fourth-order valence-electron chi connectivity index (χ4n) is 2.04. The molecule has 2 rings (SSSR count). The number of nitrogens with one attached hydrogen (secondary N) is 1. The van der Waals surface area contributed by atoms with Gasteiger partial charge in [-0.3, -0.25) is 16.0 Å². The van der Waals surface area contributed by atoms with Crippen molar-refractivity contribution in [1.29, 1.82) is 0 Å². The van der Waals surface area contributed by atoms with Crippen molar-refractivity contribution in [2.24, 2.45) is 12.9 Å². The van der Waals surface area contributed by atoms with E-state index < -0.39 is 0 Å². The van der Waals surface area contributed by atoms with E-state index in [-0.39, 0.29) is 6.04 Å². The molecule has 0 amide bonds. The second-order valence-electron chi connectivity index (χ2n) is 4.19. The number of nitrogens with two attached hydrogens (primary N) is 1. The molecule has 1 atom stereocenters. The van der Waals surface area contributed by atoms with Gasteiger partial charge in [-0.05, 0) is 34.5 Å². The second-order valence-corrected chi connectivity index (χ2v) is 6.74. The van der Waals surface area contributed by atoms with E-state index in [9.17, 15) is 0 Å². The van der Waals surface area contributed by atoms with E-state index in [4.69, 9.17) is 5.84 Å². The lowest BCUT2D eigenvalue weighted by atomic mass is 10.0. The molecular formula is C12H17BrN4S. The summed E-state index contributed by atoms with van der Waals surface area (Å²) < 4.78 is 3.00. The van der Waals surface area contributed by atoms with Crippen LogP contribution in [0.25, 0.3) is 0 Å². The molecule has 98 valence electrons. The van der Waals surface area contributed by atoms with Crippen molar-refractivity contribution in [3.8, 4) is 0 Å². The highest BCUT2D eigenvalue weighted by Gasteiger charge is 2.17.